The molecular formula is C19H20O5. The van der Waals surface area contributed by atoms with Crippen LogP contribution in [-0.4, -0.2) is 18.7 Å². The predicted octanol–water partition coefficient (Wildman–Crippen LogP) is 3.76. The summed E-state index contributed by atoms with van der Waals surface area (Å²) < 4.78 is 21.9. The lowest BCUT2D eigenvalue weighted by Crippen LogP contribution is -2.05. The average molecular weight is 328 g/mol. The van der Waals surface area contributed by atoms with Crippen molar-refractivity contribution in [2.45, 2.75) is 33.0 Å². The molecule has 1 aromatic carbocycles. The molecule has 0 N–H and O–H groups in total. The molecule has 5 nitrogen and oxygen atoms in total. The lowest BCUT2D eigenvalue weighted by atomic mass is 10.1. The van der Waals surface area contributed by atoms with E-state index in [0.29, 0.717) is 12.4 Å². The van der Waals surface area contributed by atoms with E-state index in [1.54, 1.807) is 24.5 Å². The Labute approximate surface area is 140 Å². The number of hydrogen-bond acceptors (Lipinski definition) is 5. The second-order valence-electron chi connectivity index (χ2n) is 5.59. The van der Waals surface area contributed by atoms with Crippen molar-refractivity contribution in [3.05, 3.63) is 53.5 Å². The zero-order valence-electron chi connectivity index (χ0n) is 13.8. The molecule has 1 atom stereocenters. The van der Waals surface area contributed by atoms with Crippen molar-refractivity contribution >= 4 is 12.0 Å². The van der Waals surface area contributed by atoms with Crippen molar-refractivity contribution < 1.29 is 23.4 Å². The van der Waals surface area contributed by atoms with Crippen molar-refractivity contribution in [3.63, 3.8) is 0 Å². The first-order valence-corrected chi connectivity index (χ1v) is 7.99. The van der Waals surface area contributed by atoms with Crippen LogP contribution in [0.5, 0.6) is 11.5 Å². The highest BCUT2D eigenvalue weighted by atomic mass is 16.5. The van der Waals surface area contributed by atoms with E-state index in [1.165, 1.54) is 6.08 Å². The number of benzene rings is 1. The van der Waals surface area contributed by atoms with Gasteiger partial charge in [-0.3, -0.25) is 0 Å². The number of rotatable bonds is 6. The Morgan fingerprint density at radius 3 is 3.04 bits per heavy atom. The van der Waals surface area contributed by atoms with Crippen molar-refractivity contribution in [3.8, 4) is 11.5 Å². The molecule has 1 unspecified atom stereocenters. The maximum absolute atomic E-state index is 11.8. The zero-order valence-corrected chi connectivity index (χ0v) is 13.8. The number of hydrogen-bond donors (Lipinski definition) is 0. The van der Waals surface area contributed by atoms with Gasteiger partial charge in [0.05, 0.1) is 12.9 Å². The van der Waals surface area contributed by atoms with E-state index < -0.39 is 5.97 Å². The van der Waals surface area contributed by atoms with E-state index in [-0.39, 0.29) is 12.7 Å². The fourth-order valence-corrected chi connectivity index (χ4v) is 2.62. The normalized spacial score (nSPS) is 16.0. The Kier molecular flexibility index (Phi) is 4.89. The molecule has 0 aliphatic carbocycles. The largest absolute Gasteiger partial charge is 0.493 e. The molecule has 126 valence electrons. The highest BCUT2D eigenvalue weighted by molar-refractivity contribution is 5.86. The van der Waals surface area contributed by atoms with Crippen LogP contribution in [0.15, 0.2) is 41.0 Å². The van der Waals surface area contributed by atoms with Crippen LogP contribution in [0.3, 0.4) is 0 Å². The number of furan rings is 1. The standard InChI is InChI=1S/C19H20O5/c1-3-21-17-10-14-9-13(2)24-18(14)11-15(17)12-23-19(20)7-6-16-5-4-8-22-16/h4-8,10-11,13H,3,9,12H2,1-2H3/b7-6+. The lowest BCUT2D eigenvalue weighted by Gasteiger charge is -2.12. The van der Waals surface area contributed by atoms with Crippen LogP contribution in [-0.2, 0) is 22.6 Å². The second kappa shape index (κ2) is 7.25. The Hall–Kier alpha value is -2.69. The van der Waals surface area contributed by atoms with Gasteiger partial charge in [0.1, 0.15) is 30.0 Å². The van der Waals surface area contributed by atoms with E-state index >= 15 is 0 Å². The van der Waals surface area contributed by atoms with Gasteiger partial charge in [-0.2, -0.15) is 0 Å². The molecule has 1 aromatic heterocycles. The van der Waals surface area contributed by atoms with Crippen LogP contribution in [0.2, 0.25) is 0 Å². The Bertz CT molecular complexity index is 730. The molecule has 0 fully saturated rings. The third kappa shape index (κ3) is 3.79. The summed E-state index contributed by atoms with van der Waals surface area (Å²) >= 11 is 0. The summed E-state index contributed by atoms with van der Waals surface area (Å²) in [4.78, 5) is 11.8. The molecule has 0 spiro atoms. The summed E-state index contributed by atoms with van der Waals surface area (Å²) in [6.07, 6.45) is 5.47. The summed E-state index contributed by atoms with van der Waals surface area (Å²) in [5.74, 6) is 1.73. The van der Waals surface area contributed by atoms with E-state index in [1.807, 2.05) is 26.0 Å². The first-order valence-electron chi connectivity index (χ1n) is 7.99. The summed E-state index contributed by atoms with van der Waals surface area (Å²) in [6.45, 7) is 4.63. The summed E-state index contributed by atoms with van der Waals surface area (Å²) in [5.41, 5.74) is 1.92. The van der Waals surface area contributed by atoms with Gasteiger partial charge in [0.2, 0.25) is 0 Å². The molecule has 5 heteroatoms. The van der Waals surface area contributed by atoms with Crippen LogP contribution < -0.4 is 9.47 Å². The third-order valence-electron chi connectivity index (χ3n) is 3.68. The quantitative estimate of drug-likeness (QED) is 0.597. The molecule has 0 saturated carbocycles. The molecule has 24 heavy (non-hydrogen) atoms. The number of carbonyl (C=O) groups is 1. The van der Waals surface area contributed by atoms with Crippen LogP contribution >= 0.6 is 0 Å². The lowest BCUT2D eigenvalue weighted by molar-refractivity contribution is -0.138. The van der Waals surface area contributed by atoms with Gasteiger partial charge in [-0.05, 0) is 44.2 Å². The molecule has 0 radical (unpaired) electrons. The summed E-state index contributed by atoms with van der Waals surface area (Å²) in [6, 6.07) is 7.39. The van der Waals surface area contributed by atoms with Crippen LogP contribution in [0.1, 0.15) is 30.7 Å². The van der Waals surface area contributed by atoms with Crippen molar-refractivity contribution in [2.24, 2.45) is 0 Å². The first kappa shape index (κ1) is 16.2. The minimum absolute atomic E-state index is 0.127. The Balaban J connectivity index is 1.67. The molecule has 0 amide bonds. The maximum Gasteiger partial charge on any atom is 0.331 e. The molecule has 2 aromatic rings. The fourth-order valence-electron chi connectivity index (χ4n) is 2.62. The maximum atomic E-state index is 11.8. The Morgan fingerprint density at radius 1 is 1.42 bits per heavy atom. The molecular weight excluding hydrogens is 308 g/mol. The van der Waals surface area contributed by atoms with Crippen LogP contribution in [0.25, 0.3) is 6.08 Å². The van der Waals surface area contributed by atoms with Gasteiger partial charge in [-0.1, -0.05) is 0 Å². The van der Waals surface area contributed by atoms with Gasteiger partial charge >= 0.3 is 5.97 Å². The number of esters is 1. The van der Waals surface area contributed by atoms with Crippen molar-refractivity contribution in [2.75, 3.05) is 6.61 Å². The highest BCUT2D eigenvalue weighted by Gasteiger charge is 2.22. The van der Waals surface area contributed by atoms with Gasteiger partial charge in [0, 0.05) is 23.6 Å². The average Bonchev–Trinajstić information content (AvgIpc) is 3.19. The van der Waals surface area contributed by atoms with Gasteiger partial charge in [0.15, 0.2) is 0 Å². The molecule has 0 saturated heterocycles. The minimum Gasteiger partial charge on any atom is -0.493 e. The van der Waals surface area contributed by atoms with E-state index in [2.05, 4.69) is 0 Å². The van der Waals surface area contributed by atoms with Crippen molar-refractivity contribution in [1.29, 1.82) is 0 Å². The topological polar surface area (TPSA) is 57.9 Å². The number of carbonyl (C=O) groups excluding carboxylic acids is 1. The van der Waals surface area contributed by atoms with Gasteiger partial charge < -0.3 is 18.6 Å². The number of ether oxygens (including phenoxy) is 3. The zero-order chi connectivity index (χ0) is 16.9. The fraction of sp³-hybridized carbons (Fsp3) is 0.316. The van der Waals surface area contributed by atoms with Crippen LogP contribution in [0.4, 0.5) is 0 Å². The minimum atomic E-state index is -0.441. The molecule has 1 aliphatic heterocycles. The molecule has 0 bridgehead atoms. The third-order valence-corrected chi connectivity index (χ3v) is 3.68. The van der Waals surface area contributed by atoms with Gasteiger partial charge in [-0.15, -0.1) is 0 Å². The van der Waals surface area contributed by atoms with Crippen molar-refractivity contribution in [1.82, 2.24) is 0 Å². The molecule has 3 rings (SSSR count). The van der Waals surface area contributed by atoms with E-state index in [0.717, 1.165) is 29.0 Å². The molecule has 1 aliphatic rings. The second-order valence-corrected chi connectivity index (χ2v) is 5.59. The highest BCUT2D eigenvalue weighted by Crippen LogP contribution is 2.35. The predicted molar refractivity (Wildman–Crippen MR) is 88.9 cm³/mol. The first-order chi connectivity index (χ1) is 11.7. The van der Waals surface area contributed by atoms with Gasteiger partial charge in [-0.25, -0.2) is 4.79 Å². The Morgan fingerprint density at radius 2 is 2.29 bits per heavy atom. The summed E-state index contributed by atoms with van der Waals surface area (Å²) in [5, 5.41) is 0. The van der Waals surface area contributed by atoms with Gasteiger partial charge in [0.25, 0.3) is 0 Å². The smallest absolute Gasteiger partial charge is 0.331 e. The SMILES string of the molecule is CCOc1cc2c(cc1COC(=O)/C=C/c1ccco1)OC(C)C2. The molecule has 2 heterocycles. The summed E-state index contributed by atoms with van der Waals surface area (Å²) in [7, 11) is 0. The number of fused-ring (bicyclic) bond motifs is 1. The van der Waals surface area contributed by atoms with E-state index in [9.17, 15) is 4.79 Å². The van der Waals surface area contributed by atoms with Crippen LogP contribution in [0, 0.1) is 0 Å². The monoisotopic (exact) mass is 328 g/mol. The van der Waals surface area contributed by atoms with E-state index in [4.69, 9.17) is 18.6 Å².